The first-order valence-corrected chi connectivity index (χ1v) is 8.05. The van der Waals surface area contributed by atoms with E-state index >= 15 is 0 Å². The summed E-state index contributed by atoms with van der Waals surface area (Å²) in [6.07, 6.45) is 0.877. The summed E-state index contributed by atoms with van der Waals surface area (Å²) >= 11 is 1.55. The van der Waals surface area contributed by atoms with Crippen molar-refractivity contribution in [3.63, 3.8) is 0 Å². The molecule has 0 aromatic carbocycles. The van der Waals surface area contributed by atoms with Gasteiger partial charge in [0.2, 0.25) is 0 Å². The Kier molecular flexibility index (Phi) is 5.30. The van der Waals surface area contributed by atoms with E-state index in [2.05, 4.69) is 15.6 Å². The average Bonchev–Trinajstić information content (AvgIpc) is 2.67. The lowest BCUT2D eigenvalue weighted by Crippen LogP contribution is -2.45. The summed E-state index contributed by atoms with van der Waals surface area (Å²) in [5, 5.41) is 6.97. The lowest BCUT2D eigenvalue weighted by atomic mass is 10.2. The first-order chi connectivity index (χ1) is 9.99. The van der Waals surface area contributed by atoms with Gasteiger partial charge in [-0.15, -0.1) is 11.3 Å². The van der Waals surface area contributed by atoms with E-state index < -0.39 is 11.8 Å². The zero-order valence-corrected chi connectivity index (χ0v) is 13.5. The Hall–Kier alpha value is -1.47. The van der Waals surface area contributed by atoms with Crippen molar-refractivity contribution in [2.75, 3.05) is 26.2 Å². The van der Waals surface area contributed by atoms with Crippen LogP contribution in [0.4, 0.5) is 0 Å². The minimum absolute atomic E-state index is 0.197. The minimum atomic E-state index is -0.533. The average molecular weight is 310 g/mol. The number of nitrogens with one attached hydrogen (secondary N) is 2. The summed E-state index contributed by atoms with van der Waals surface area (Å²) in [5.74, 6) is -0.973. The molecule has 2 amide bonds. The van der Waals surface area contributed by atoms with Gasteiger partial charge in [0.15, 0.2) is 0 Å². The lowest BCUT2D eigenvalue weighted by molar-refractivity contribution is -0.146. The smallest absolute Gasteiger partial charge is 0.311 e. The van der Waals surface area contributed by atoms with Crippen LogP contribution in [0.25, 0.3) is 0 Å². The molecule has 1 unspecified atom stereocenters. The van der Waals surface area contributed by atoms with Gasteiger partial charge in [0.1, 0.15) is 0 Å². The molecule has 2 heterocycles. The fourth-order valence-electron chi connectivity index (χ4n) is 2.47. The first kappa shape index (κ1) is 15.9. The molecule has 1 aromatic rings. The number of thiazole rings is 1. The van der Waals surface area contributed by atoms with Crippen molar-refractivity contribution in [3.8, 4) is 0 Å². The number of aryl methyl sites for hydroxylation is 2. The Morgan fingerprint density at radius 2 is 2.10 bits per heavy atom. The summed E-state index contributed by atoms with van der Waals surface area (Å²) in [7, 11) is 0. The number of aromatic nitrogens is 1. The van der Waals surface area contributed by atoms with Gasteiger partial charge in [-0.05, 0) is 33.7 Å². The third-order valence-electron chi connectivity index (χ3n) is 3.50. The normalized spacial score (nSPS) is 17.2. The number of carbonyl (C=O) groups excluding carboxylic acids is 2. The third-order valence-corrected chi connectivity index (χ3v) is 4.76. The van der Waals surface area contributed by atoms with Crippen LogP contribution in [0, 0.1) is 13.8 Å². The first-order valence-electron chi connectivity index (χ1n) is 7.23. The highest BCUT2D eigenvalue weighted by Crippen LogP contribution is 2.24. The van der Waals surface area contributed by atoms with Crippen molar-refractivity contribution < 1.29 is 9.59 Å². The van der Waals surface area contributed by atoms with Crippen LogP contribution in [0.15, 0.2) is 0 Å². The molecule has 0 aliphatic carbocycles. The van der Waals surface area contributed by atoms with Gasteiger partial charge < -0.3 is 15.5 Å². The Balaban J connectivity index is 1.96. The number of carbonyl (C=O) groups is 2. The van der Waals surface area contributed by atoms with E-state index in [1.165, 1.54) is 0 Å². The van der Waals surface area contributed by atoms with E-state index in [0.29, 0.717) is 13.1 Å². The topological polar surface area (TPSA) is 74.3 Å². The number of hydrogen-bond acceptors (Lipinski definition) is 5. The summed E-state index contributed by atoms with van der Waals surface area (Å²) < 4.78 is 0. The molecular weight excluding hydrogens is 288 g/mol. The molecular formula is C14H22N4O2S. The Labute approximate surface area is 128 Å². The summed E-state index contributed by atoms with van der Waals surface area (Å²) in [5.41, 5.74) is 0.914. The predicted octanol–water partition coefficient (Wildman–Crippen LogP) is 0.759. The zero-order valence-electron chi connectivity index (χ0n) is 12.7. The van der Waals surface area contributed by atoms with E-state index in [1.54, 1.807) is 16.2 Å². The van der Waals surface area contributed by atoms with Gasteiger partial charge in [-0.3, -0.25) is 9.59 Å². The fourth-order valence-corrected chi connectivity index (χ4v) is 3.40. The molecule has 6 nitrogen and oxygen atoms in total. The molecule has 1 aromatic heterocycles. The van der Waals surface area contributed by atoms with E-state index in [1.807, 2.05) is 20.8 Å². The predicted molar refractivity (Wildman–Crippen MR) is 82.2 cm³/mol. The number of nitrogens with zero attached hydrogens (tertiary/aromatic N) is 2. The van der Waals surface area contributed by atoms with Gasteiger partial charge in [0.25, 0.3) is 0 Å². The largest absolute Gasteiger partial charge is 0.340 e. The molecule has 2 N–H and O–H groups in total. The standard InChI is InChI=1S/C14H22N4O2S/c1-9-12(21-11(3)16-9)10(2)17-13(19)14(20)18-7-4-5-15-6-8-18/h10,15H,4-8H2,1-3H3,(H,17,19). The Morgan fingerprint density at radius 1 is 1.33 bits per heavy atom. The van der Waals surface area contributed by atoms with E-state index in [4.69, 9.17) is 0 Å². The Morgan fingerprint density at radius 3 is 2.76 bits per heavy atom. The van der Waals surface area contributed by atoms with Gasteiger partial charge in [-0.1, -0.05) is 0 Å². The van der Waals surface area contributed by atoms with Crippen LogP contribution < -0.4 is 10.6 Å². The number of hydrogen-bond donors (Lipinski definition) is 2. The maximum atomic E-state index is 12.2. The van der Waals surface area contributed by atoms with Crippen molar-refractivity contribution in [2.45, 2.75) is 33.2 Å². The van der Waals surface area contributed by atoms with E-state index in [0.717, 1.165) is 35.1 Å². The summed E-state index contributed by atoms with van der Waals surface area (Å²) in [6.45, 7) is 8.58. The molecule has 0 radical (unpaired) electrons. The molecule has 1 fully saturated rings. The Bertz CT molecular complexity index is 521. The van der Waals surface area contributed by atoms with Crippen molar-refractivity contribution in [1.29, 1.82) is 0 Å². The third kappa shape index (κ3) is 4.01. The van der Waals surface area contributed by atoms with Crippen LogP contribution in [-0.4, -0.2) is 47.9 Å². The highest BCUT2D eigenvalue weighted by atomic mass is 32.1. The van der Waals surface area contributed by atoms with Gasteiger partial charge in [0.05, 0.1) is 16.7 Å². The van der Waals surface area contributed by atoms with Gasteiger partial charge in [0, 0.05) is 24.5 Å². The molecule has 7 heteroatoms. The molecule has 1 saturated heterocycles. The van der Waals surface area contributed by atoms with Crippen LogP contribution in [0.5, 0.6) is 0 Å². The molecule has 2 rings (SSSR count). The van der Waals surface area contributed by atoms with Crippen molar-refractivity contribution in [1.82, 2.24) is 20.5 Å². The molecule has 116 valence electrons. The summed E-state index contributed by atoms with van der Waals surface area (Å²) in [6, 6.07) is -0.197. The van der Waals surface area contributed by atoms with Crippen molar-refractivity contribution >= 4 is 23.2 Å². The molecule has 1 aliphatic rings. The minimum Gasteiger partial charge on any atom is -0.340 e. The molecule has 0 bridgehead atoms. The molecule has 21 heavy (non-hydrogen) atoms. The van der Waals surface area contributed by atoms with Gasteiger partial charge in [-0.2, -0.15) is 0 Å². The van der Waals surface area contributed by atoms with Crippen LogP contribution in [0.2, 0.25) is 0 Å². The van der Waals surface area contributed by atoms with Crippen molar-refractivity contribution in [3.05, 3.63) is 15.6 Å². The van der Waals surface area contributed by atoms with Crippen LogP contribution in [0.3, 0.4) is 0 Å². The van der Waals surface area contributed by atoms with Crippen LogP contribution in [0.1, 0.15) is 35.0 Å². The molecule has 1 atom stereocenters. The SMILES string of the molecule is Cc1nc(C)c(C(C)NC(=O)C(=O)N2CCCNCC2)s1. The van der Waals surface area contributed by atoms with Crippen LogP contribution in [-0.2, 0) is 9.59 Å². The summed E-state index contributed by atoms with van der Waals surface area (Å²) in [4.78, 5) is 31.3. The zero-order chi connectivity index (χ0) is 15.4. The second-order valence-corrected chi connectivity index (χ2v) is 6.51. The highest BCUT2D eigenvalue weighted by Gasteiger charge is 2.25. The quantitative estimate of drug-likeness (QED) is 0.791. The molecule has 0 spiro atoms. The van der Waals surface area contributed by atoms with Crippen molar-refractivity contribution in [2.24, 2.45) is 0 Å². The highest BCUT2D eigenvalue weighted by molar-refractivity contribution is 7.11. The second-order valence-electron chi connectivity index (χ2n) is 5.27. The molecule has 0 saturated carbocycles. The number of amides is 2. The van der Waals surface area contributed by atoms with Gasteiger partial charge >= 0.3 is 11.8 Å². The maximum absolute atomic E-state index is 12.2. The number of rotatable bonds is 2. The fraction of sp³-hybridized carbons (Fsp3) is 0.643. The monoisotopic (exact) mass is 310 g/mol. The lowest BCUT2D eigenvalue weighted by Gasteiger charge is -2.20. The second kappa shape index (κ2) is 7.00. The van der Waals surface area contributed by atoms with Gasteiger partial charge in [-0.25, -0.2) is 4.98 Å². The van der Waals surface area contributed by atoms with E-state index in [9.17, 15) is 9.59 Å². The van der Waals surface area contributed by atoms with Crippen LogP contribution >= 0.6 is 11.3 Å². The van der Waals surface area contributed by atoms with E-state index in [-0.39, 0.29) is 6.04 Å². The molecule has 1 aliphatic heterocycles. The maximum Gasteiger partial charge on any atom is 0.311 e.